The highest BCUT2D eigenvalue weighted by molar-refractivity contribution is 6.19. The van der Waals surface area contributed by atoms with Crippen molar-refractivity contribution in [2.75, 3.05) is 26.9 Å². The molecule has 39 heavy (non-hydrogen) atoms. The molecule has 200 valence electrons. The predicted octanol–water partition coefficient (Wildman–Crippen LogP) is 5.27. The van der Waals surface area contributed by atoms with Crippen LogP contribution in [0.5, 0.6) is 5.75 Å². The van der Waals surface area contributed by atoms with Crippen LogP contribution in [0.15, 0.2) is 71.4 Å². The fraction of sp³-hybridized carbons (Fsp3) is 0.290. The van der Waals surface area contributed by atoms with Crippen molar-refractivity contribution in [2.24, 2.45) is 0 Å². The third kappa shape index (κ3) is 5.84. The van der Waals surface area contributed by atoms with Crippen LogP contribution in [0.1, 0.15) is 37.8 Å². The minimum atomic E-state index is -0.577. The second-order valence-corrected chi connectivity index (χ2v) is 9.32. The van der Waals surface area contributed by atoms with Crippen molar-refractivity contribution in [2.45, 2.75) is 33.6 Å². The number of carbonyl (C=O) groups is 2. The predicted molar refractivity (Wildman–Crippen MR) is 149 cm³/mol. The number of carbonyl (C=O) groups excluding carboxylic acids is 2. The number of hydrogen-bond donors (Lipinski definition) is 0. The Kier molecular flexibility index (Phi) is 8.74. The fourth-order valence-corrected chi connectivity index (χ4v) is 4.48. The van der Waals surface area contributed by atoms with Gasteiger partial charge in [-0.1, -0.05) is 25.1 Å². The summed E-state index contributed by atoms with van der Waals surface area (Å²) in [5.74, 6) is -0.233. The maximum Gasteiger partial charge on any atom is 0.271 e. The fourth-order valence-electron chi connectivity index (χ4n) is 4.48. The first kappa shape index (κ1) is 27.6. The molecule has 0 N–H and O–H groups in total. The van der Waals surface area contributed by atoms with E-state index in [0.717, 1.165) is 33.9 Å². The number of benzene rings is 2. The van der Waals surface area contributed by atoms with Gasteiger partial charge in [0.05, 0.1) is 12.3 Å². The molecule has 1 aliphatic heterocycles. The lowest BCUT2D eigenvalue weighted by Gasteiger charge is -2.27. The molecule has 1 aliphatic rings. The third-order valence-corrected chi connectivity index (χ3v) is 6.54. The molecule has 2 aromatic carbocycles. The van der Waals surface area contributed by atoms with Crippen molar-refractivity contribution in [1.29, 1.82) is 5.26 Å². The molecule has 8 heteroatoms. The number of para-hydroxylation sites is 1. The van der Waals surface area contributed by atoms with Crippen molar-refractivity contribution >= 4 is 17.9 Å². The van der Waals surface area contributed by atoms with Crippen LogP contribution < -0.4 is 4.74 Å². The molecule has 4 rings (SSSR count). The van der Waals surface area contributed by atoms with Crippen LogP contribution in [-0.2, 0) is 14.3 Å². The highest BCUT2D eigenvalue weighted by Gasteiger charge is 2.35. The first-order chi connectivity index (χ1) is 18.9. The topological polar surface area (TPSA) is 97.4 Å². The number of nitrogens with zero attached hydrogens (tertiary/aromatic N) is 4. The largest absolute Gasteiger partial charge is 0.494 e. The Hall–Kier alpha value is -4.48. The van der Waals surface area contributed by atoms with Gasteiger partial charge in [-0.3, -0.25) is 14.5 Å². The summed E-state index contributed by atoms with van der Waals surface area (Å²) in [7, 11) is 1.56. The first-order valence-electron chi connectivity index (χ1n) is 13.0. The molecular weight excluding hydrogens is 492 g/mol. The number of methoxy groups -OCH3 is 1. The van der Waals surface area contributed by atoms with Gasteiger partial charge in [0.15, 0.2) is 0 Å². The third-order valence-electron chi connectivity index (χ3n) is 6.54. The SMILES string of the molecule is CCCOc1ccc(-c2nn(-c3ccccc3)cc2/C=C2/C(=O)N(CCCOC)C(=O)C(C#N)=C2C)c(C)c1. The smallest absolute Gasteiger partial charge is 0.271 e. The second kappa shape index (κ2) is 12.4. The van der Waals surface area contributed by atoms with Crippen LogP contribution in [0.4, 0.5) is 0 Å². The summed E-state index contributed by atoms with van der Waals surface area (Å²) in [6, 6.07) is 17.5. The van der Waals surface area contributed by atoms with Crippen LogP contribution in [0, 0.1) is 18.3 Å². The van der Waals surface area contributed by atoms with E-state index in [1.807, 2.05) is 67.7 Å². The van der Waals surface area contributed by atoms with Crippen LogP contribution in [0.25, 0.3) is 23.0 Å². The number of rotatable bonds is 10. The molecule has 3 aromatic rings. The van der Waals surface area contributed by atoms with Crippen molar-refractivity contribution < 1.29 is 19.1 Å². The van der Waals surface area contributed by atoms with E-state index in [4.69, 9.17) is 14.6 Å². The van der Waals surface area contributed by atoms with Gasteiger partial charge in [0, 0.05) is 43.2 Å². The van der Waals surface area contributed by atoms with E-state index < -0.39 is 11.8 Å². The summed E-state index contributed by atoms with van der Waals surface area (Å²) in [5, 5.41) is 14.6. The molecule has 1 aromatic heterocycles. The van der Waals surface area contributed by atoms with Crippen molar-refractivity contribution in [3.8, 4) is 28.8 Å². The average Bonchev–Trinajstić information content (AvgIpc) is 3.36. The van der Waals surface area contributed by atoms with E-state index in [1.165, 1.54) is 0 Å². The van der Waals surface area contributed by atoms with Crippen molar-refractivity contribution in [1.82, 2.24) is 14.7 Å². The number of amides is 2. The van der Waals surface area contributed by atoms with Crippen molar-refractivity contribution in [3.05, 3.63) is 82.6 Å². The summed E-state index contributed by atoms with van der Waals surface area (Å²) >= 11 is 0. The van der Waals surface area contributed by atoms with Gasteiger partial charge in [-0.2, -0.15) is 10.4 Å². The number of aromatic nitrogens is 2. The second-order valence-electron chi connectivity index (χ2n) is 9.32. The molecular formula is C31H32N4O4. The summed E-state index contributed by atoms with van der Waals surface area (Å²) < 4.78 is 12.7. The number of aryl methyl sites for hydroxylation is 1. The molecule has 0 spiro atoms. The van der Waals surface area contributed by atoms with Gasteiger partial charge in [-0.25, -0.2) is 4.68 Å². The zero-order valence-corrected chi connectivity index (χ0v) is 22.7. The number of ether oxygens (including phenoxy) is 2. The standard InChI is InChI=1S/C31H32N4O4/c1-5-15-39-25-12-13-26(21(2)17-25)29-23(20-35(33-29)24-10-7-6-8-11-24)18-27-22(3)28(19-32)31(37)34(30(27)36)14-9-16-38-4/h6-8,10-13,17-18,20H,5,9,14-16H2,1-4H3/b27-18+. The van der Waals surface area contributed by atoms with Crippen LogP contribution in [-0.4, -0.2) is 53.4 Å². The molecule has 0 bridgehead atoms. The molecule has 0 saturated carbocycles. The van der Waals surface area contributed by atoms with Gasteiger partial charge >= 0.3 is 0 Å². The molecule has 8 nitrogen and oxygen atoms in total. The minimum Gasteiger partial charge on any atom is -0.494 e. The Morgan fingerprint density at radius 3 is 2.49 bits per heavy atom. The summed E-state index contributed by atoms with van der Waals surface area (Å²) in [4.78, 5) is 27.6. The lowest BCUT2D eigenvalue weighted by molar-refractivity contribution is -0.140. The van der Waals surface area contributed by atoms with Gasteiger partial charge in [0.25, 0.3) is 11.8 Å². The van der Waals surface area contributed by atoms with Gasteiger partial charge in [0.2, 0.25) is 0 Å². The Bertz CT molecular complexity index is 1480. The zero-order valence-electron chi connectivity index (χ0n) is 22.7. The zero-order chi connectivity index (χ0) is 27.9. The van der Waals surface area contributed by atoms with E-state index in [-0.39, 0.29) is 17.7 Å². The Labute approximate surface area is 228 Å². The lowest BCUT2D eigenvalue weighted by Crippen LogP contribution is -2.43. The van der Waals surface area contributed by atoms with E-state index in [1.54, 1.807) is 24.8 Å². The minimum absolute atomic E-state index is 0.0381. The molecule has 2 heterocycles. The molecule has 2 amide bonds. The molecule has 0 unspecified atom stereocenters. The number of nitriles is 1. The van der Waals surface area contributed by atoms with E-state index in [2.05, 4.69) is 6.92 Å². The van der Waals surface area contributed by atoms with Gasteiger partial charge in [-0.05, 0) is 74.2 Å². The number of hydrogen-bond acceptors (Lipinski definition) is 6. The maximum atomic E-state index is 13.6. The monoisotopic (exact) mass is 524 g/mol. The van der Waals surface area contributed by atoms with Gasteiger partial charge in [-0.15, -0.1) is 0 Å². The number of imide groups is 1. The first-order valence-corrected chi connectivity index (χ1v) is 13.0. The Balaban J connectivity index is 1.86. The van der Waals surface area contributed by atoms with E-state index in [0.29, 0.717) is 36.5 Å². The Morgan fingerprint density at radius 1 is 1.05 bits per heavy atom. The Morgan fingerprint density at radius 2 is 1.82 bits per heavy atom. The van der Waals surface area contributed by atoms with E-state index in [9.17, 15) is 14.9 Å². The normalized spacial score (nSPS) is 14.7. The molecule has 0 atom stereocenters. The van der Waals surface area contributed by atoms with Crippen LogP contribution in [0.3, 0.4) is 0 Å². The molecule has 0 saturated heterocycles. The average molecular weight is 525 g/mol. The maximum absolute atomic E-state index is 13.6. The quantitative estimate of drug-likeness (QED) is 0.204. The summed E-state index contributed by atoms with van der Waals surface area (Å²) in [6.07, 6.45) is 4.97. The molecule has 0 aliphatic carbocycles. The van der Waals surface area contributed by atoms with Gasteiger partial charge in [0.1, 0.15) is 23.1 Å². The van der Waals surface area contributed by atoms with Gasteiger partial charge < -0.3 is 9.47 Å². The highest BCUT2D eigenvalue weighted by Crippen LogP contribution is 2.33. The van der Waals surface area contributed by atoms with Crippen LogP contribution >= 0.6 is 0 Å². The summed E-state index contributed by atoms with van der Waals surface area (Å²) in [5.41, 5.74) is 4.69. The molecule has 0 radical (unpaired) electrons. The van der Waals surface area contributed by atoms with E-state index >= 15 is 0 Å². The summed E-state index contributed by atoms with van der Waals surface area (Å²) in [6.45, 7) is 6.88. The molecule has 0 fully saturated rings. The lowest BCUT2D eigenvalue weighted by atomic mass is 9.92. The van der Waals surface area contributed by atoms with Crippen LogP contribution in [0.2, 0.25) is 0 Å². The highest BCUT2D eigenvalue weighted by atomic mass is 16.5. The van der Waals surface area contributed by atoms with Crippen molar-refractivity contribution in [3.63, 3.8) is 0 Å².